The van der Waals surface area contributed by atoms with E-state index in [-0.39, 0.29) is 5.91 Å². The van der Waals surface area contributed by atoms with Crippen molar-refractivity contribution in [2.75, 3.05) is 38.2 Å². The maximum absolute atomic E-state index is 12.8. The van der Waals surface area contributed by atoms with Gasteiger partial charge in [0.15, 0.2) is 5.54 Å². The normalized spacial score (nSPS) is 17.8. The first-order valence-corrected chi connectivity index (χ1v) is 9.94. The van der Waals surface area contributed by atoms with Crippen molar-refractivity contribution in [3.8, 4) is 5.75 Å². The predicted octanol–water partition coefficient (Wildman–Crippen LogP) is 2.09. The van der Waals surface area contributed by atoms with Crippen LogP contribution >= 0.6 is 0 Å². The predicted molar refractivity (Wildman–Crippen MR) is 113 cm³/mol. The molecule has 1 amide bonds. The van der Waals surface area contributed by atoms with Crippen LogP contribution < -0.4 is 9.64 Å². The van der Waals surface area contributed by atoms with Gasteiger partial charge in [-0.2, -0.15) is 0 Å². The van der Waals surface area contributed by atoms with Crippen molar-refractivity contribution in [3.05, 3.63) is 53.9 Å². The summed E-state index contributed by atoms with van der Waals surface area (Å²) < 4.78 is 5.15. The largest absolute Gasteiger partial charge is 0.497 e. The van der Waals surface area contributed by atoms with Crippen LogP contribution in [-0.2, 0) is 4.79 Å². The minimum Gasteiger partial charge on any atom is -0.497 e. The maximum Gasteiger partial charge on any atom is 0.331 e. The number of anilines is 1. The SMILES string of the molecule is COc1ccc(C(=O)N2CCN(c3cccnc3C=NC3(C(=O)O)CC3)CC2)cc1. The number of aliphatic carboxylic acids is 1. The molecular formula is C22H24N4O4. The summed E-state index contributed by atoms with van der Waals surface area (Å²) in [6.07, 6.45) is 4.38. The molecule has 1 aliphatic carbocycles. The molecule has 1 saturated heterocycles. The fourth-order valence-corrected chi connectivity index (χ4v) is 3.54. The standard InChI is InChI=1S/C22H24N4O4/c1-30-17-6-4-16(5-7-17)20(27)26-13-11-25(12-14-26)19-3-2-10-23-18(19)15-24-22(8-9-22)21(28)29/h2-7,10,15H,8-9,11-14H2,1H3,(H,28,29). The zero-order chi connectivity index (χ0) is 21.1. The monoisotopic (exact) mass is 408 g/mol. The Labute approximate surface area is 174 Å². The highest BCUT2D eigenvalue weighted by molar-refractivity contribution is 5.94. The summed E-state index contributed by atoms with van der Waals surface area (Å²) in [6.45, 7) is 2.52. The number of methoxy groups -OCH3 is 1. The summed E-state index contributed by atoms with van der Waals surface area (Å²) in [6, 6.07) is 10.9. The smallest absolute Gasteiger partial charge is 0.331 e. The Morgan fingerprint density at radius 2 is 1.83 bits per heavy atom. The van der Waals surface area contributed by atoms with Gasteiger partial charge in [-0.25, -0.2) is 4.79 Å². The molecule has 0 radical (unpaired) electrons. The number of hydrogen-bond acceptors (Lipinski definition) is 6. The number of carboxylic acid groups (broad SMARTS) is 1. The Bertz CT molecular complexity index is 961. The van der Waals surface area contributed by atoms with Gasteiger partial charge in [0, 0.05) is 37.9 Å². The molecule has 1 aliphatic heterocycles. The van der Waals surface area contributed by atoms with E-state index in [1.165, 1.54) is 0 Å². The number of carboxylic acids is 1. The van der Waals surface area contributed by atoms with Gasteiger partial charge in [0.2, 0.25) is 0 Å². The summed E-state index contributed by atoms with van der Waals surface area (Å²) in [5, 5.41) is 9.32. The first-order chi connectivity index (χ1) is 14.5. The summed E-state index contributed by atoms with van der Waals surface area (Å²) in [7, 11) is 1.60. The quantitative estimate of drug-likeness (QED) is 0.736. The Hall–Kier alpha value is -3.42. The molecule has 8 nitrogen and oxygen atoms in total. The molecule has 156 valence electrons. The van der Waals surface area contributed by atoms with E-state index in [4.69, 9.17) is 4.74 Å². The highest BCUT2D eigenvalue weighted by atomic mass is 16.5. The van der Waals surface area contributed by atoms with Crippen molar-refractivity contribution in [1.29, 1.82) is 0 Å². The summed E-state index contributed by atoms with van der Waals surface area (Å²) in [4.78, 5) is 36.8. The van der Waals surface area contributed by atoms with Gasteiger partial charge in [0.1, 0.15) is 11.4 Å². The zero-order valence-electron chi connectivity index (χ0n) is 16.8. The van der Waals surface area contributed by atoms with Gasteiger partial charge < -0.3 is 19.6 Å². The Morgan fingerprint density at radius 3 is 2.43 bits per heavy atom. The van der Waals surface area contributed by atoms with Crippen LogP contribution in [0.1, 0.15) is 28.9 Å². The highest BCUT2D eigenvalue weighted by Gasteiger charge is 2.50. The van der Waals surface area contributed by atoms with Crippen molar-refractivity contribution in [2.45, 2.75) is 18.4 Å². The van der Waals surface area contributed by atoms with Crippen molar-refractivity contribution >= 4 is 23.8 Å². The Morgan fingerprint density at radius 1 is 1.13 bits per heavy atom. The number of benzene rings is 1. The van der Waals surface area contributed by atoms with E-state index in [1.807, 2.05) is 17.0 Å². The third-order valence-corrected chi connectivity index (χ3v) is 5.62. The molecule has 2 aliphatic rings. The number of nitrogens with zero attached hydrogens (tertiary/aromatic N) is 4. The number of pyridine rings is 1. The zero-order valence-corrected chi connectivity index (χ0v) is 16.8. The molecule has 0 bridgehead atoms. The number of carbonyl (C=O) groups is 2. The van der Waals surface area contributed by atoms with E-state index in [1.54, 1.807) is 43.8 Å². The van der Waals surface area contributed by atoms with Crippen LogP contribution in [0.5, 0.6) is 5.75 Å². The number of amides is 1. The van der Waals surface area contributed by atoms with Crippen LogP contribution in [0.4, 0.5) is 5.69 Å². The number of aromatic nitrogens is 1. The molecule has 0 unspecified atom stereocenters. The van der Waals surface area contributed by atoms with Crippen LogP contribution in [0, 0.1) is 0 Å². The molecule has 1 saturated carbocycles. The summed E-state index contributed by atoms with van der Waals surface area (Å²) in [5.74, 6) is -0.165. The second kappa shape index (κ2) is 8.14. The third kappa shape index (κ3) is 3.98. The fraction of sp³-hybridized carbons (Fsp3) is 0.364. The number of piperazine rings is 1. The van der Waals surface area contributed by atoms with E-state index in [0.717, 1.165) is 11.4 Å². The van der Waals surface area contributed by atoms with Crippen molar-refractivity contribution in [2.24, 2.45) is 4.99 Å². The topological polar surface area (TPSA) is 95.3 Å². The molecule has 0 atom stereocenters. The van der Waals surface area contributed by atoms with Gasteiger partial charge in [-0.05, 0) is 49.2 Å². The van der Waals surface area contributed by atoms with E-state index in [2.05, 4.69) is 14.9 Å². The lowest BCUT2D eigenvalue weighted by Gasteiger charge is -2.36. The molecule has 8 heteroatoms. The third-order valence-electron chi connectivity index (χ3n) is 5.62. The minimum atomic E-state index is -0.974. The molecule has 1 aromatic carbocycles. The minimum absolute atomic E-state index is 0.00223. The molecule has 30 heavy (non-hydrogen) atoms. The van der Waals surface area contributed by atoms with Gasteiger partial charge in [0.25, 0.3) is 5.91 Å². The van der Waals surface area contributed by atoms with Crippen LogP contribution in [0.15, 0.2) is 47.6 Å². The van der Waals surface area contributed by atoms with Gasteiger partial charge in [0.05, 0.1) is 19.0 Å². The second-order valence-electron chi connectivity index (χ2n) is 7.51. The van der Waals surface area contributed by atoms with E-state index in [9.17, 15) is 14.7 Å². The van der Waals surface area contributed by atoms with Crippen molar-refractivity contribution in [3.63, 3.8) is 0 Å². The van der Waals surface area contributed by atoms with Crippen LogP contribution in [-0.4, -0.2) is 71.9 Å². The highest BCUT2D eigenvalue weighted by Crippen LogP contribution is 2.40. The summed E-state index contributed by atoms with van der Waals surface area (Å²) >= 11 is 0. The molecule has 1 N–H and O–H groups in total. The number of aliphatic imine (C=N–C) groups is 1. The number of rotatable bonds is 6. The average Bonchev–Trinajstić information content (AvgIpc) is 3.59. The van der Waals surface area contributed by atoms with Crippen LogP contribution in [0.2, 0.25) is 0 Å². The molecule has 4 rings (SSSR count). The first kappa shape index (κ1) is 19.9. The molecular weight excluding hydrogens is 384 g/mol. The van der Waals surface area contributed by atoms with Gasteiger partial charge in [-0.3, -0.25) is 14.8 Å². The van der Waals surface area contributed by atoms with E-state index >= 15 is 0 Å². The van der Waals surface area contributed by atoms with Crippen molar-refractivity contribution in [1.82, 2.24) is 9.88 Å². The molecule has 2 fully saturated rings. The maximum atomic E-state index is 12.8. The number of hydrogen-bond donors (Lipinski definition) is 1. The second-order valence-corrected chi connectivity index (χ2v) is 7.51. The molecule has 1 aromatic heterocycles. The Balaban J connectivity index is 1.42. The van der Waals surface area contributed by atoms with Crippen LogP contribution in [0.25, 0.3) is 0 Å². The lowest BCUT2D eigenvalue weighted by molar-refractivity contribution is -0.139. The molecule has 2 heterocycles. The van der Waals surface area contributed by atoms with Crippen LogP contribution in [0.3, 0.4) is 0 Å². The van der Waals surface area contributed by atoms with Gasteiger partial charge >= 0.3 is 5.97 Å². The van der Waals surface area contributed by atoms with Crippen molar-refractivity contribution < 1.29 is 19.4 Å². The number of carbonyl (C=O) groups excluding carboxylic acids is 1. The first-order valence-electron chi connectivity index (χ1n) is 9.94. The Kier molecular flexibility index (Phi) is 5.39. The lowest BCUT2D eigenvalue weighted by Crippen LogP contribution is -2.49. The molecule has 2 aromatic rings. The van der Waals surface area contributed by atoms with E-state index in [0.29, 0.717) is 50.3 Å². The fourth-order valence-electron chi connectivity index (χ4n) is 3.54. The van der Waals surface area contributed by atoms with E-state index < -0.39 is 11.5 Å². The molecule has 0 spiro atoms. The lowest BCUT2D eigenvalue weighted by atomic mass is 10.1. The van der Waals surface area contributed by atoms with Gasteiger partial charge in [-0.15, -0.1) is 0 Å². The average molecular weight is 408 g/mol. The van der Waals surface area contributed by atoms with Gasteiger partial charge in [-0.1, -0.05) is 0 Å². The summed E-state index contributed by atoms with van der Waals surface area (Å²) in [5.41, 5.74) is 1.22. The number of ether oxygens (including phenoxy) is 1.